The second-order valence-corrected chi connectivity index (χ2v) is 8.51. The van der Waals surface area contributed by atoms with Gasteiger partial charge in [-0.15, -0.1) is 0 Å². The number of hydrogen-bond donors (Lipinski definition) is 1. The minimum absolute atomic E-state index is 0.0788. The summed E-state index contributed by atoms with van der Waals surface area (Å²) in [7, 11) is 0. The molecule has 1 unspecified atom stereocenters. The summed E-state index contributed by atoms with van der Waals surface area (Å²) < 4.78 is 5.29. The average Bonchev–Trinajstić information content (AvgIpc) is 3.28. The van der Waals surface area contributed by atoms with Gasteiger partial charge in [-0.25, -0.2) is 4.79 Å². The first-order chi connectivity index (χ1) is 16.7. The lowest BCUT2D eigenvalue weighted by atomic mass is 10.0. The molecule has 1 atom stereocenters. The van der Waals surface area contributed by atoms with Crippen molar-refractivity contribution in [3.05, 3.63) is 95.0 Å². The fraction of sp³-hybridized carbons (Fsp3) is 0.185. The van der Waals surface area contributed by atoms with Gasteiger partial charge in [0.2, 0.25) is 0 Å². The zero-order chi connectivity index (χ0) is 23.3. The Morgan fingerprint density at radius 3 is 2.53 bits per heavy atom. The quantitative estimate of drug-likeness (QED) is 0.406. The predicted octanol–water partition coefficient (Wildman–Crippen LogP) is 5.42. The molecule has 0 saturated carbocycles. The molecule has 0 bridgehead atoms. The van der Waals surface area contributed by atoms with E-state index in [1.165, 1.54) is 0 Å². The smallest absolute Gasteiger partial charge is 0.323 e. The van der Waals surface area contributed by atoms with Crippen LogP contribution < -0.4 is 5.32 Å². The third-order valence-electron chi connectivity index (χ3n) is 5.86. The Labute approximate surface area is 203 Å². The molecule has 2 amide bonds. The number of nitrogens with one attached hydrogen (secondary N) is 1. The molecular formula is C27H23ClN4O2. The first-order valence-corrected chi connectivity index (χ1v) is 11.5. The molecule has 5 rings (SSSR count). The molecule has 0 spiro atoms. The number of aromatic nitrogens is 1. The first kappa shape index (κ1) is 22.0. The molecular weight excluding hydrogens is 448 g/mol. The molecule has 1 N–H and O–H groups in total. The number of nitrogens with zero attached hydrogens (tertiary/aromatic N) is 3. The number of carbonyl (C=O) groups is 1. The van der Waals surface area contributed by atoms with Gasteiger partial charge >= 0.3 is 6.03 Å². The number of carbonyl (C=O) groups excluding carboxylic acids is 1. The molecule has 4 aromatic rings. The Kier molecular flexibility index (Phi) is 6.48. The van der Waals surface area contributed by atoms with Gasteiger partial charge < -0.3 is 9.42 Å². The first-order valence-electron chi connectivity index (χ1n) is 11.1. The van der Waals surface area contributed by atoms with Gasteiger partial charge in [-0.1, -0.05) is 77.1 Å². The van der Waals surface area contributed by atoms with Crippen molar-refractivity contribution in [3.8, 4) is 11.8 Å². The van der Waals surface area contributed by atoms with Gasteiger partial charge in [0, 0.05) is 36.8 Å². The van der Waals surface area contributed by atoms with Crippen LogP contribution in [0.15, 0.2) is 83.4 Å². The normalized spacial score (nSPS) is 14.9. The third-order valence-corrected chi connectivity index (χ3v) is 6.10. The Balaban J connectivity index is 1.28. The van der Waals surface area contributed by atoms with Gasteiger partial charge in [-0.05, 0) is 35.9 Å². The zero-order valence-electron chi connectivity index (χ0n) is 18.4. The number of benzene rings is 3. The van der Waals surface area contributed by atoms with Crippen LogP contribution in [0, 0.1) is 11.8 Å². The molecule has 0 aliphatic carbocycles. The standard InChI is InChI=1S/C27H23ClN4O2/c28-22-10-6-7-20(19-22)13-14-24(21-8-2-1-3-9-21)31-15-17-32(18-16-31)27(33)29-26-23-11-4-5-12-25(23)34-30-26/h1-12,19,24H,15-18H2,(H,29,30,33). The minimum atomic E-state index is -0.181. The maximum absolute atomic E-state index is 12.9. The summed E-state index contributed by atoms with van der Waals surface area (Å²) in [6.07, 6.45) is 0. The maximum Gasteiger partial charge on any atom is 0.323 e. The second-order valence-electron chi connectivity index (χ2n) is 8.07. The molecule has 3 aromatic carbocycles. The van der Waals surface area contributed by atoms with E-state index in [4.69, 9.17) is 16.1 Å². The zero-order valence-corrected chi connectivity index (χ0v) is 19.2. The van der Waals surface area contributed by atoms with Crippen molar-refractivity contribution in [2.45, 2.75) is 6.04 Å². The molecule has 170 valence electrons. The minimum Gasteiger partial charge on any atom is -0.354 e. The van der Waals surface area contributed by atoms with Crippen molar-refractivity contribution < 1.29 is 9.32 Å². The van der Waals surface area contributed by atoms with Crippen LogP contribution >= 0.6 is 11.6 Å². The number of halogens is 1. The van der Waals surface area contributed by atoms with E-state index in [-0.39, 0.29) is 12.1 Å². The van der Waals surface area contributed by atoms with Gasteiger partial charge in [0.1, 0.15) is 0 Å². The predicted molar refractivity (Wildman–Crippen MR) is 134 cm³/mol. The lowest BCUT2D eigenvalue weighted by Gasteiger charge is -2.37. The van der Waals surface area contributed by atoms with E-state index in [2.05, 4.69) is 39.3 Å². The summed E-state index contributed by atoms with van der Waals surface area (Å²) in [4.78, 5) is 17.0. The fourth-order valence-corrected chi connectivity index (χ4v) is 4.27. The molecule has 1 saturated heterocycles. The Morgan fingerprint density at radius 1 is 0.971 bits per heavy atom. The van der Waals surface area contributed by atoms with Gasteiger partial charge in [0.05, 0.1) is 11.4 Å². The van der Waals surface area contributed by atoms with E-state index in [9.17, 15) is 4.79 Å². The molecule has 1 fully saturated rings. The van der Waals surface area contributed by atoms with Crippen LogP contribution in [-0.2, 0) is 0 Å². The molecule has 34 heavy (non-hydrogen) atoms. The fourth-order valence-electron chi connectivity index (χ4n) is 4.08. The number of hydrogen-bond acceptors (Lipinski definition) is 4. The highest BCUT2D eigenvalue weighted by molar-refractivity contribution is 6.30. The van der Waals surface area contributed by atoms with E-state index in [0.29, 0.717) is 42.6 Å². The average molecular weight is 471 g/mol. The van der Waals surface area contributed by atoms with Crippen LogP contribution in [0.1, 0.15) is 17.2 Å². The second kappa shape index (κ2) is 10.0. The van der Waals surface area contributed by atoms with Crippen LogP contribution in [-0.4, -0.2) is 47.2 Å². The number of piperazine rings is 1. The van der Waals surface area contributed by atoms with Crippen molar-refractivity contribution >= 4 is 34.4 Å². The molecule has 6 nitrogen and oxygen atoms in total. The number of para-hydroxylation sites is 1. The Hall–Kier alpha value is -3.79. The van der Waals surface area contributed by atoms with Crippen molar-refractivity contribution in [1.29, 1.82) is 0 Å². The van der Waals surface area contributed by atoms with Crippen molar-refractivity contribution in [1.82, 2.24) is 15.0 Å². The number of amides is 2. The maximum atomic E-state index is 12.9. The Morgan fingerprint density at radius 2 is 1.74 bits per heavy atom. The summed E-state index contributed by atoms with van der Waals surface area (Å²) in [5.41, 5.74) is 2.65. The highest BCUT2D eigenvalue weighted by Crippen LogP contribution is 2.24. The summed E-state index contributed by atoms with van der Waals surface area (Å²) in [6, 6.07) is 25.0. The van der Waals surface area contributed by atoms with Gasteiger partial charge in [0.25, 0.3) is 0 Å². The van der Waals surface area contributed by atoms with Gasteiger partial charge in [-0.2, -0.15) is 0 Å². The van der Waals surface area contributed by atoms with E-state index in [1.807, 2.05) is 66.7 Å². The van der Waals surface area contributed by atoms with Crippen molar-refractivity contribution in [2.75, 3.05) is 31.5 Å². The van der Waals surface area contributed by atoms with Gasteiger partial charge in [0.15, 0.2) is 11.4 Å². The summed E-state index contributed by atoms with van der Waals surface area (Å²) in [6.45, 7) is 2.58. The van der Waals surface area contributed by atoms with E-state index in [0.717, 1.165) is 16.5 Å². The summed E-state index contributed by atoms with van der Waals surface area (Å²) in [5, 5.41) is 8.34. The Bertz CT molecular complexity index is 1350. The van der Waals surface area contributed by atoms with E-state index >= 15 is 0 Å². The SMILES string of the molecule is O=C(Nc1noc2ccccc12)N1CCN(C(C#Cc2cccc(Cl)c2)c2ccccc2)CC1. The largest absolute Gasteiger partial charge is 0.354 e. The van der Waals surface area contributed by atoms with Crippen molar-refractivity contribution in [2.24, 2.45) is 0 Å². The number of urea groups is 1. The van der Waals surface area contributed by atoms with E-state index in [1.54, 1.807) is 4.90 Å². The molecule has 1 aromatic heterocycles. The molecule has 7 heteroatoms. The molecule has 1 aliphatic rings. The van der Waals surface area contributed by atoms with Crippen LogP contribution in [0.25, 0.3) is 11.0 Å². The summed E-state index contributed by atoms with van der Waals surface area (Å²) >= 11 is 6.12. The van der Waals surface area contributed by atoms with E-state index < -0.39 is 0 Å². The lowest BCUT2D eigenvalue weighted by Crippen LogP contribution is -2.50. The van der Waals surface area contributed by atoms with Gasteiger partial charge in [-0.3, -0.25) is 10.2 Å². The number of anilines is 1. The monoisotopic (exact) mass is 470 g/mol. The third kappa shape index (κ3) is 4.91. The number of rotatable bonds is 3. The van der Waals surface area contributed by atoms with Crippen LogP contribution in [0.5, 0.6) is 0 Å². The van der Waals surface area contributed by atoms with Crippen molar-refractivity contribution in [3.63, 3.8) is 0 Å². The molecule has 0 radical (unpaired) electrons. The lowest BCUT2D eigenvalue weighted by molar-refractivity contribution is 0.131. The number of fused-ring (bicyclic) bond motifs is 1. The summed E-state index contributed by atoms with van der Waals surface area (Å²) in [5.74, 6) is 7.14. The van der Waals surface area contributed by atoms with Crippen LogP contribution in [0.3, 0.4) is 0 Å². The molecule has 2 heterocycles. The topological polar surface area (TPSA) is 61.6 Å². The van der Waals surface area contributed by atoms with Crippen LogP contribution in [0.2, 0.25) is 5.02 Å². The molecule has 1 aliphatic heterocycles. The highest BCUT2D eigenvalue weighted by atomic mass is 35.5. The highest BCUT2D eigenvalue weighted by Gasteiger charge is 2.27. The van der Waals surface area contributed by atoms with Crippen LogP contribution in [0.4, 0.5) is 10.6 Å².